The molecule has 4 rings (SSSR count). The first-order valence-electron chi connectivity index (χ1n) is 8.33. The van der Waals surface area contributed by atoms with Crippen LogP contribution < -0.4 is 9.47 Å². The molecule has 3 heterocycles. The average Bonchev–Trinajstić information content (AvgIpc) is 3.13. The molecule has 1 unspecified atom stereocenters. The molecule has 122 valence electrons. The lowest BCUT2D eigenvalue weighted by Crippen LogP contribution is -2.25. The second-order valence-electron chi connectivity index (χ2n) is 6.46. The summed E-state index contributed by atoms with van der Waals surface area (Å²) in [5.74, 6) is 2.91. The Morgan fingerprint density at radius 2 is 2.04 bits per heavy atom. The zero-order valence-electron chi connectivity index (χ0n) is 13.8. The second-order valence-corrected chi connectivity index (χ2v) is 6.46. The summed E-state index contributed by atoms with van der Waals surface area (Å²) in [5.41, 5.74) is 2.36. The molecular formula is C18H23N3O2. The van der Waals surface area contributed by atoms with E-state index in [1.807, 2.05) is 6.07 Å². The number of fused-ring (bicyclic) bond motifs is 1. The van der Waals surface area contributed by atoms with Crippen molar-refractivity contribution >= 4 is 0 Å². The van der Waals surface area contributed by atoms with Gasteiger partial charge in [-0.2, -0.15) is 0 Å². The molecule has 0 N–H and O–H groups in total. The van der Waals surface area contributed by atoms with Crippen molar-refractivity contribution in [2.45, 2.75) is 32.4 Å². The predicted octanol–water partition coefficient (Wildman–Crippen LogP) is 2.84. The lowest BCUT2D eigenvalue weighted by molar-refractivity contribution is 0.170. The third-order valence-electron chi connectivity index (χ3n) is 4.69. The van der Waals surface area contributed by atoms with Gasteiger partial charge in [-0.05, 0) is 44.0 Å². The van der Waals surface area contributed by atoms with Crippen molar-refractivity contribution < 1.29 is 9.47 Å². The van der Waals surface area contributed by atoms with Gasteiger partial charge < -0.3 is 14.0 Å². The summed E-state index contributed by atoms with van der Waals surface area (Å²) >= 11 is 0. The molecule has 1 aromatic carbocycles. The van der Waals surface area contributed by atoms with Gasteiger partial charge in [0.2, 0.25) is 0 Å². The quantitative estimate of drug-likeness (QED) is 0.873. The standard InChI is InChI=1S/C18H23N3O2/c1-13-11-20(2)18(19-13)15-4-3-7-21(15)12-14-5-6-16-17(10-14)23-9-8-22-16/h5-6,10-11,15H,3-4,7-9,12H2,1-2H3. The third kappa shape index (κ3) is 2.81. The molecule has 0 aliphatic carbocycles. The number of hydrogen-bond donors (Lipinski definition) is 0. The van der Waals surface area contributed by atoms with E-state index in [1.54, 1.807) is 0 Å². The Morgan fingerprint density at radius 3 is 2.83 bits per heavy atom. The van der Waals surface area contributed by atoms with Crippen LogP contribution in [0.5, 0.6) is 11.5 Å². The maximum atomic E-state index is 5.70. The molecule has 23 heavy (non-hydrogen) atoms. The predicted molar refractivity (Wildman–Crippen MR) is 87.8 cm³/mol. The lowest BCUT2D eigenvalue weighted by atomic mass is 10.1. The molecule has 1 aromatic heterocycles. The Balaban J connectivity index is 1.54. The molecule has 2 aliphatic rings. The van der Waals surface area contributed by atoms with Crippen molar-refractivity contribution in [3.05, 3.63) is 41.5 Å². The van der Waals surface area contributed by atoms with Crippen LogP contribution in [-0.4, -0.2) is 34.2 Å². The van der Waals surface area contributed by atoms with E-state index in [-0.39, 0.29) is 0 Å². The van der Waals surface area contributed by atoms with Gasteiger partial charge in [-0.1, -0.05) is 6.07 Å². The molecule has 2 aliphatic heterocycles. The Bertz CT molecular complexity index is 710. The number of imidazole rings is 1. The van der Waals surface area contributed by atoms with Crippen molar-refractivity contribution in [1.29, 1.82) is 0 Å². The summed E-state index contributed by atoms with van der Waals surface area (Å²) in [6, 6.07) is 6.70. The molecule has 5 heteroatoms. The fourth-order valence-corrected chi connectivity index (χ4v) is 3.67. The van der Waals surface area contributed by atoms with Crippen LogP contribution in [-0.2, 0) is 13.6 Å². The fraction of sp³-hybridized carbons (Fsp3) is 0.500. The first kappa shape index (κ1) is 14.6. The molecule has 1 atom stereocenters. The normalized spacial score (nSPS) is 20.9. The number of likely N-dealkylation sites (tertiary alicyclic amines) is 1. The van der Waals surface area contributed by atoms with Gasteiger partial charge in [0.15, 0.2) is 11.5 Å². The summed E-state index contributed by atoms with van der Waals surface area (Å²) in [6.45, 7) is 5.37. The molecule has 2 aromatic rings. The minimum Gasteiger partial charge on any atom is -0.486 e. The zero-order chi connectivity index (χ0) is 15.8. The van der Waals surface area contributed by atoms with Crippen molar-refractivity contribution in [3.8, 4) is 11.5 Å². The van der Waals surface area contributed by atoms with Crippen LogP contribution in [0.25, 0.3) is 0 Å². The van der Waals surface area contributed by atoms with E-state index in [0.29, 0.717) is 19.3 Å². The zero-order valence-corrected chi connectivity index (χ0v) is 13.8. The highest BCUT2D eigenvalue weighted by molar-refractivity contribution is 5.43. The number of hydrogen-bond acceptors (Lipinski definition) is 4. The van der Waals surface area contributed by atoms with Crippen LogP contribution in [0.15, 0.2) is 24.4 Å². The van der Waals surface area contributed by atoms with Gasteiger partial charge in [0, 0.05) is 19.8 Å². The SMILES string of the molecule is Cc1cn(C)c(C2CCCN2Cc2ccc3c(c2)OCCO3)n1. The molecular weight excluding hydrogens is 290 g/mol. The number of ether oxygens (including phenoxy) is 2. The van der Waals surface area contributed by atoms with Crippen molar-refractivity contribution in [2.24, 2.45) is 7.05 Å². The number of aromatic nitrogens is 2. The molecule has 0 amide bonds. The summed E-state index contributed by atoms with van der Waals surface area (Å²) < 4.78 is 13.5. The van der Waals surface area contributed by atoms with E-state index in [1.165, 1.54) is 24.2 Å². The molecule has 5 nitrogen and oxygen atoms in total. The molecule has 0 bridgehead atoms. The number of aryl methyl sites for hydroxylation is 2. The van der Waals surface area contributed by atoms with E-state index in [2.05, 4.69) is 41.8 Å². The molecule has 0 spiro atoms. The molecule has 0 radical (unpaired) electrons. The van der Waals surface area contributed by atoms with Gasteiger partial charge in [-0.15, -0.1) is 0 Å². The van der Waals surface area contributed by atoms with Crippen LogP contribution >= 0.6 is 0 Å². The average molecular weight is 313 g/mol. The highest BCUT2D eigenvalue weighted by Gasteiger charge is 2.29. The number of benzene rings is 1. The Morgan fingerprint density at radius 1 is 1.22 bits per heavy atom. The maximum absolute atomic E-state index is 5.70. The van der Waals surface area contributed by atoms with E-state index in [9.17, 15) is 0 Å². The molecule has 0 saturated carbocycles. The number of nitrogens with zero attached hydrogens (tertiary/aromatic N) is 3. The van der Waals surface area contributed by atoms with E-state index < -0.39 is 0 Å². The van der Waals surface area contributed by atoms with Crippen molar-refractivity contribution in [3.63, 3.8) is 0 Å². The van der Waals surface area contributed by atoms with Crippen LogP contribution in [0.4, 0.5) is 0 Å². The monoisotopic (exact) mass is 313 g/mol. The smallest absolute Gasteiger partial charge is 0.161 e. The fourth-order valence-electron chi connectivity index (χ4n) is 3.67. The Labute approximate surface area is 136 Å². The van der Waals surface area contributed by atoms with Gasteiger partial charge in [0.05, 0.1) is 11.7 Å². The first-order valence-corrected chi connectivity index (χ1v) is 8.33. The van der Waals surface area contributed by atoms with Gasteiger partial charge in [0.1, 0.15) is 19.0 Å². The highest BCUT2D eigenvalue weighted by atomic mass is 16.6. The largest absolute Gasteiger partial charge is 0.486 e. The summed E-state index contributed by atoms with van der Waals surface area (Å²) in [4.78, 5) is 7.25. The first-order chi connectivity index (χ1) is 11.2. The van der Waals surface area contributed by atoms with Crippen molar-refractivity contribution in [1.82, 2.24) is 14.5 Å². The van der Waals surface area contributed by atoms with Gasteiger partial charge in [0.25, 0.3) is 0 Å². The Hall–Kier alpha value is -2.01. The topological polar surface area (TPSA) is 39.5 Å². The third-order valence-corrected chi connectivity index (χ3v) is 4.69. The summed E-state index contributed by atoms with van der Waals surface area (Å²) in [7, 11) is 2.09. The molecule has 1 fully saturated rings. The maximum Gasteiger partial charge on any atom is 0.161 e. The number of rotatable bonds is 3. The van der Waals surface area contributed by atoms with Crippen LogP contribution in [0.3, 0.4) is 0 Å². The van der Waals surface area contributed by atoms with Gasteiger partial charge >= 0.3 is 0 Å². The lowest BCUT2D eigenvalue weighted by Gasteiger charge is -2.25. The minimum absolute atomic E-state index is 0.405. The summed E-state index contributed by atoms with van der Waals surface area (Å²) in [5, 5.41) is 0. The van der Waals surface area contributed by atoms with Crippen LogP contribution in [0, 0.1) is 6.92 Å². The van der Waals surface area contributed by atoms with Crippen LogP contribution in [0.2, 0.25) is 0 Å². The Kier molecular flexibility index (Phi) is 3.73. The van der Waals surface area contributed by atoms with Gasteiger partial charge in [-0.3, -0.25) is 4.90 Å². The van der Waals surface area contributed by atoms with E-state index >= 15 is 0 Å². The van der Waals surface area contributed by atoms with Crippen molar-refractivity contribution in [2.75, 3.05) is 19.8 Å². The van der Waals surface area contributed by atoms with E-state index in [4.69, 9.17) is 14.5 Å². The molecule has 1 saturated heterocycles. The van der Waals surface area contributed by atoms with Gasteiger partial charge in [-0.25, -0.2) is 4.98 Å². The van der Waals surface area contributed by atoms with E-state index in [0.717, 1.165) is 30.3 Å². The minimum atomic E-state index is 0.405. The van der Waals surface area contributed by atoms with Crippen LogP contribution in [0.1, 0.15) is 36.0 Å². The summed E-state index contributed by atoms with van der Waals surface area (Å²) in [6.07, 6.45) is 4.51. The second kappa shape index (κ2) is 5.89. The highest BCUT2D eigenvalue weighted by Crippen LogP contribution is 2.35.